The van der Waals surface area contributed by atoms with Crippen molar-refractivity contribution < 1.29 is 77.4 Å². The molecule has 2 aromatic rings. The van der Waals surface area contributed by atoms with E-state index in [9.17, 15) is 67.5 Å². The summed E-state index contributed by atoms with van der Waals surface area (Å²) < 4.78 is 32.7. The van der Waals surface area contributed by atoms with Gasteiger partial charge in [0.25, 0.3) is 0 Å². The maximum absolute atomic E-state index is 14.0. The summed E-state index contributed by atoms with van der Waals surface area (Å²) in [6.45, 7) is 2.02. The number of carbonyl (C=O) groups is 7. The summed E-state index contributed by atoms with van der Waals surface area (Å²) in [5.41, 5.74) is 1.24. The lowest BCUT2D eigenvalue weighted by molar-refractivity contribution is -0.192. The third kappa shape index (κ3) is 19.9. The summed E-state index contributed by atoms with van der Waals surface area (Å²) in [4.78, 5) is 90.7. The van der Waals surface area contributed by atoms with E-state index < -0.39 is 65.8 Å². The summed E-state index contributed by atoms with van der Waals surface area (Å²) >= 11 is 3.85. The van der Waals surface area contributed by atoms with Gasteiger partial charge in [0.05, 0.1) is 32.7 Å². The van der Waals surface area contributed by atoms with E-state index in [2.05, 4.69) is 10.6 Å². The summed E-state index contributed by atoms with van der Waals surface area (Å²) in [7, 11) is 0. The highest BCUT2D eigenvalue weighted by molar-refractivity contribution is 14.1. The standard InChI is InChI=1S/C35H46I2N6O11.C2HF3O2/c1-22(24-5-3-2-4-6-24)33(51)39-28(34(52)38-27(35(53)54)17-23-15-25(36)32(50)26(37)16-23)18-40-7-9-41(19-29(44)45)11-13-43(21-31(48)49)14-12-42(10-8-40)20-30(46)47;3-2(4,5)1(6)7/h2-6,15-16,22,27-28,50H,7-14,17-21H2,1H3,(H,38,52)(H,39,51)(H,44,45)(H,46,47)(H,48,49)(H,53,54);(H,6,7)/t22-,27-,28?;/m0./s1. The van der Waals surface area contributed by atoms with Crippen molar-refractivity contribution in [3.8, 4) is 5.75 Å². The molecule has 1 unspecified atom stereocenters. The first-order chi connectivity index (χ1) is 28.5. The molecule has 1 saturated heterocycles. The minimum Gasteiger partial charge on any atom is -0.506 e. The molecule has 1 aliphatic rings. The maximum atomic E-state index is 14.0. The summed E-state index contributed by atoms with van der Waals surface area (Å²) in [5.74, 6) is -9.25. The van der Waals surface area contributed by atoms with Crippen molar-refractivity contribution in [3.05, 3.63) is 60.7 Å². The number of carboxylic acid groups (broad SMARTS) is 5. The van der Waals surface area contributed by atoms with Crippen LogP contribution in [0.4, 0.5) is 13.2 Å². The largest absolute Gasteiger partial charge is 0.506 e. The van der Waals surface area contributed by atoms with Gasteiger partial charge in [-0.25, -0.2) is 9.59 Å². The summed E-state index contributed by atoms with van der Waals surface area (Å²) in [6, 6.07) is 9.42. The van der Waals surface area contributed by atoms with Gasteiger partial charge in [-0.1, -0.05) is 30.3 Å². The van der Waals surface area contributed by atoms with Crippen LogP contribution in [0.2, 0.25) is 0 Å². The smallest absolute Gasteiger partial charge is 0.490 e. The van der Waals surface area contributed by atoms with Crippen molar-refractivity contribution >= 4 is 86.8 Å². The van der Waals surface area contributed by atoms with Crippen molar-refractivity contribution in [1.82, 2.24) is 30.2 Å². The Kier molecular flexibility index (Phi) is 22.1. The van der Waals surface area contributed by atoms with E-state index in [0.717, 1.165) is 0 Å². The predicted octanol–water partition coefficient (Wildman–Crippen LogP) is 1.11. The minimum absolute atomic E-state index is 0.0543. The number of nitrogens with zero attached hydrogens (tertiary/aromatic N) is 4. The number of hydrogen-bond acceptors (Lipinski definition) is 12. The summed E-state index contributed by atoms with van der Waals surface area (Å²) in [6.07, 6.45) is -5.20. The number of aliphatic carboxylic acids is 5. The van der Waals surface area contributed by atoms with E-state index in [0.29, 0.717) is 18.3 Å². The molecule has 61 heavy (non-hydrogen) atoms. The quantitative estimate of drug-likeness (QED) is 0.109. The Morgan fingerprint density at radius 3 is 1.39 bits per heavy atom. The molecule has 1 fully saturated rings. The Morgan fingerprint density at radius 2 is 1.03 bits per heavy atom. The van der Waals surface area contributed by atoms with E-state index in [4.69, 9.17) is 9.90 Å². The molecule has 338 valence electrons. The normalized spacial score (nSPS) is 16.6. The van der Waals surface area contributed by atoms with E-state index in [1.807, 2.05) is 45.2 Å². The monoisotopic (exact) mass is 1090 g/mol. The van der Waals surface area contributed by atoms with Crippen LogP contribution in [-0.4, -0.2) is 189 Å². The SMILES string of the molecule is C[C@H](C(=O)NC(CN1CCN(CC(=O)O)CCN(CC(=O)O)CCN(CC(=O)O)CC1)C(=O)N[C@@H](Cc1cc(I)c(O)c(I)c1)C(=O)O)c1ccccc1.O=C(O)C(F)(F)F. The Labute approximate surface area is 375 Å². The topological polar surface area (TPSA) is 278 Å². The average molecular weight is 1090 g/mol. The number of carboxylic acids is 5. The molecule has 0 aromatic heterocycles. The first-order valence-corrected chi connectivity index (χ1v) is 20.5. The van der Waals surface area contributed by atoms with Crippen LogP contribution >= 0.6 is 45.2 Å². The van der Waals surface area contributed by atoms with Crippen LogP contribution in [0.25, 0.3) is 0 Å². The van der Waals surface area contributed by atoms with Gasteiger partial charge >= 0.3 is 36.0 Å². The molecular formula is C37H47F3I2N6O13. The van der Waals surface area contributed by atoms with Crippen molar-refractivity contribution in [2.45, 2.75) is 37.5 Å². The lowest BCUT2D eigenvalue weighted by Gasteiger charge is -2.34. The Morgan fingerprint density at radius 1 is 0.656 bits per heavy atom. The second kappa shape index (κ2) is 25.5. The van der Waals surface area contributed by atoms with Crippen LogP contribution < -0.4 is 10.6 Å². The van der Waals surface area contributed by atoms with Crippen molar-refractivity contribution in [3.63, 3.8) is 0 Å². The summed E-state index contributed by atoms with van der Waals surface area (Å²) in [5, 5.41) is 61.4. The van der Waals surface area contributed by atoms with Crippen molar-refractivity contribution in [2.75, 3.05) is 78.5 Å². The molecule has 0 saturated carbocycles. The molecule has 0 spiro atoms. The fourth-order valence-electron chi connectivity index (χ4n) is 5.90. The predicted molar refractivity (Wildman–Crippen MR) is 226 cm³/mol. The van der Waals surface area contributed by atoms with E-state index in [1.54, 1.807) is 69.0 Å². The van der Waals surface area contributed by atoms with Crippen LogP contribution in [0.5, 0.6) is 5.75 Å². The van der Waals surface area contributed by atoms with E-state index >= 15 is 0 Å². The van der Waals surface area contributed by atoms with Crippen LogP contribution in [0.15, 0.2) is 42.5 Å². The van der Waals surface area contributed by atoms with Gasteiger partial charge in [0.15, 0.2) is 0 Å². The van der Waals surface area contributed by atoms with E-state index in [1.165, 1.54) is 0 Å². The first kappa shape index (κ1) is 52.8. The van der Waals surface area contributed by atoms with Gasteiger partial charge in [-0.05, 0) is 75.4 Å². The molecule has 0 bridgehead atoms. The number of alkyl halides is 3. The van der Waals surface area contributed by atoms with Gasteiger partial charge in [0.1, 0.15) is 17.8 Å². The van der Waals surface area contributed by atoms with Crippen LogP contribution in [0, 0.1) is 7.14 Å². The fraction of sp³-hybridized carbons (Fsp3) is 0.486. The number of amides is 2. The zero-order valence-electron chi connectivity index (χ0n) is 32.7. The number of benzene rings is 2. The molecule has 3 rings (SSSR count). The van der Waals surface area contributed by atoms with Gasteiger partial charge < -0.3 is 41.3 Å². The second-order valence-corrected chi connectivity index (χ2v) is 16.1. The molecule has 2 amide bonds. The minimum atomic E-state index is -5.08. The Balaban J connectivity index is 0.00000168. The highest BCUT2D eigenvalue weighted by atomic mass is 127. The molecule has 3 atom stereocenters. The molecule has 0 radical (unpaired) electrons. The number of hydrogen-bond donors (Lipinski definition) is 8. The number of phenols is 1. The van der Waals surface area contributed by atoms with Crippen LogP contribution in [0.1, 0.15) is 24.0 Å². The third-order valence-corrected chi connectivity index (χ3v) is 10.8. The Hall–Kier alpha value is -4.38. The lowest BCUT2D eigenvalue weighted by Crippen LogP contribution is -2.58. The van der Waals surface area contributed by atoms with Gasteiger partial charge in [-0.2, -0.15) is 13.2 Å². The Bertz CT molecular complexity index is 1790. The number of nitrogens with one attached hydrogen (secondary N) is 2. The number of halogens is 5. The second-order valence-electron chi connectivity index (χ2n) is 13.8. The highest BCUT2D eigenvalue weighted by Crippen LogP contribution is 2.28. The van der Waals surface area contributed by atoms with Crippen molar-refractivity contribution in [2.24, 2.45) is 0 Å². The molecule has 24 heteroatoms. The molecular weight excluding hydrogens is 1050 g/mol. The van der Waals surface area contributed by atoms with E-state index in [-0.39, 0.29) is 90.7 Å². The lowest BCUT2D eigenvalue weighted by atomic mass is 10.00. The zero-order chi connectivity index (χ0) is 46.0. The number of carbonyl (C=O) groups excluding carboxylic acids is 2. The molecule has 2 aromatic carbocycles. The number of rotatable bonds is 16. The fourth-order valence-corrected chi connectivity index (χ4v) is 7.79. The van der Waals surface area contributed by atoms with Gasteiger partial charge in [0.2, 0.25) is 11.8 Å². The average Bonchev–Trinajstić information content (AvgIpc) is 3.16. The first-order valence-electron chi connectivity index (χ1n) is 18.4. The molecule has 1 heterocycles. The molecule has 0 aliphatic carbocycles. The molecule has 1 aliphatic heterocycles. The third-order valence-electron chi connectivity index (χ3n) is 9.15. The van der Waals surface area contributed by atoms with Crippen LogP contribution in [-0.2, 0) is 40.0 Å². The van der Waals surface area contributed by atoms with Gasteiger partial charge in [-0.15, -0.1) is 0 Å². The molecule has 8 N–H and O–H groups in total. The van der Waals surface area contributed by atoms with Crippen LogP contribution in [0.3, 0.4) is 0 Å². The zero-order valence-corrected chi connectivity index (χ0v) is 37.0. The van der Waals surface area contributed by atoms with Crippen molar-refractivity contribution in [1.29, 1.82) is 0 Å². The number of aromatic hydroxyl groups is 1. The molecule has 19 nitrogen and oxygen atoms in total. The number of phenolic OH excluding ortho intramolecular Hbond substituents is 1. The maximum Gasteiger partial charge on any atom is 0.490 e. The highest BCUT2D eigenvalue weighted by Gasteiger charge is 2.38. The van der Waals surface area contributed by atoms with Gasteiger partial charge in [-0.3, -0.25) is 43.6 Å². The van der Waals surface area contributed by atoms with Gasteiger partial charge in [0, 0.05) is 65.3 Å².